The number of furan rings is 1. The molecule has 0 aliphatic rings. The molecule has 2 aromatic heterocycles. The van der Waals surface area contributed by atoms with E-state index in [1.807, 2.05) is 6.07 Å². The van der Waals surface area contributed by atoms with Crippen molar-refractivity contribution in [3.63, 3.8) is 0 Å². The molecule has 8 heteroatoms. The summed E-state index contributed by atoms with van der Waals surface area (Å²) in [5.41, 5.74) is 1.61. The second-order valence-corrected chi connectivity index (χ2v) is 7.65. The third-order valence-electron chi connectivity index (χ3n) is 3.82. The van der Waals surface area contributed by atoms with Crippen molar-refractivity contribution in [2.75, 3.05) is 0 Å². The van der Waals surface area contributed by atoms with E-state index >= 15 is 0 Å². The van der Waals surface area contributed by atoms with Crippen LogP contribution in [0, 0.1) is 0 Å². The molecule has 28 heavy (non-hydrogen) atoms. The number of sulfonamides is 1. The van der Waals surface area contributed by atoms with E-state index in [0.717, 1.165) is 5.56 Å². The summed E-state index contributed by atoms with van der Waals surface area (Å²) in [6, 6.07) is 13.3. The number of aromatic nitrogens is 1. The maximum Gasteiger partial charge on any atom is 0.244 e. The Morgan fingerprint density at radius 1 is 1.07 bits per heavy atom. The number of carbonyl (C=O) groups is 1. The zero-order chi connectivity index (χ0) is 19.8. The monoisotopic (exact) mass is 397 g/mol. The fraction of sp³-hybridized carbons (Fsp3) is 0.100. The van der Waals surface area contributed by atoms with Gasteiger partial charge in [0.15, 0.2) is 0 Å². The molecule has 0 saturated heterocycles. The van der Waals surface area contributed by atoms with Crippen LogP contribution in [0.3, 0.4) is 0 Å². The first-order chi connectivity index (χ1) is 13.5. The molecular weight excluding hydrogens is 378 g/mol. The number of rotatable bonds is 8. The first kappa shape index (κ1) is 19.5. The highest BCUT2D eigenvalue weighted by Crippen LogP contribution is 2.12. The van der Waals surface area contributed by atoms with Gasteiger partial charge in [0.2, 0.25) is 15.9 Å². The highest BCUT2D eigenvalue weighted by atomic mass is 32.2. The number of hydrogen-bond donors (Lipinski definition) is 2. The number of nitrogens with zero attached hydrogens (tertiary/aromatic N) is 1. The van der Waals surface area contributed by atoms with Crippen LogP contribution in [0.1, 0.15) is 16.9 Å². The number of amides is 1. The van der Waals surface area contributed by atoms with E-state index in [1.165, 1.54) is 24.5 Å². The third-order valence-corrected chi connectivity index (χ3v) is 5.24. The number of hydrogen-bond acceptors (Lipinski definition) is 5. The van der Waals surface area contributed by atoms with E-state index in [1.54, 1.807) is 48.8 Å². The standard InChI is InChI=1S/C20H19N3O4S/c24-20(22-14-17-3-1-11-21-13-17)10-7-16-5-8-19(9-6-16)28(25,26)23-15-18-4-2-12-27-18/h1-13,23H,14-15H2,(H,22,24)/b10-7+. The first-order valence-corrected chi connectivity index (χ1v) is 9.98. The molecule has 0 atom stereocenters. The van der Waals surface area contributed by atoms with E-state index in [4.69, 9.17) is 4.42 Å². The Hall–Kier alpha value is -3.23. The van der Waals surface area contributed by atoms with Gasteiger partial charge in [0.25, 0.3) is 0 Å². The van der Waals surface area contributed by atoms with Crippen molar-refractivity contribution in [3.8, 4) is 0 Å². The zero-order valence-electron chi connectivity index (χ0n) is 14.9. The maximum atomic E-state index is 12.3. The van der Waals surface area contributed by atoms with Gasteiger partial charge in [-0.25, -0.2) is 13.1 Å². The van der Waals surface area contributed by atoms with Crippen LogP contribution in [0.15, 0.2) is 82.6 Å². The normalized spacial score (nSPS) is 11.6. The Bertz CT molecular complexity index is 1030. The van der Waals surface area contributed by atoms with Crippen LogP contribution < -0.4 is 10.0 Å². The van der Waals surface area contributed by atoms with Crippen molar-refractivity contribution in [1.29, 1.82) is 0 Å². The first-order valence-electron chi connectivity index (χ1n) is 8.50. The quantitative estimate of drug-likeness (QED) is 0.569. The highest BCUT2D eigenvalue weighted by molar-refractivity contribution is 7.89. The summed E-state index contributed by atoms with van der Waals surface area (Å²) in [7, 11) is -3.64. The third kappa shape index (κ3) is 5.63. The van der Waals surface area contributed by atoms with Gasteiger partial charge in [0, 0.05) is 25.0 Å². The lowest BCUT2D eigenvalue weighted by atomic mass is 10.2. The second-order valence-electron chi connectivity index (χ2n) is 5.89. The summed E-state index contributed by atoms with van der Waals surface area (Å²) in [5, 5.41) is 2.75. The Kier molecular flexibility index (Phi) is 6.36. The summed E-state index contributed by atoms with van der Waals surface area (Å²) in [6.45, 7) is 0.462. The minimum Gasteiger partial charge on any atom is -0.468 e. The lowest BCUT2D eigenvalue weighted by Crippen LogP contribution is -2.22. The number of benzene rings is 1. The molecule has 7 nitrogen and oxygen atoms in total. The van der Waals surface area contributed by atoms with Crippen LogP contribution in [0.4, 0.5) is 0 Å². The van der Waals surface area contributed by atoms with Crippen LogP contribution in [-0.2, 0) is 27.9 Å². The second kappa shape index (κ2) is 9.12. The zero-order valence-corrected chi connectivity index (χ0v) is 15.7. The fourth-order valence-corrected chi connectivity index (χ4v) is 3.34. The van der Waals surface area contributed by atoms with Gasteiger partial charge in [0.1, 0.15) is 5.76 Å². The summed E-state index contributed by atoms with van der Waals surface area (Å²) in [4.78, 5) is 16.0. The molecule has 0 aliphatic carbocycles. The number of nitrogens with one attached hydrogen (secondary N) is 2. The van der Waals surface area contributed by atoms with E-state index in [0.29, 0.717) is 17.9 Å². The Labute approximate surface area is 163 Å². The molecule has 3 aromatic rings. The molecule has 0 unspecified atom stereocenters. The van der Waals surface area contributed by atoms with Crippen LogP contribution in [-0.4, -0.2) is 19.3 Å². The molecule has 1 amide bonds. The van der Waals surface area contributed by atoms with Gasteiger partial charge < -0.3 is 9.73 Å². The maximum absolute atomic E-state index is 12.3. The van der Waals surface area contributed by atoms with Crippen molar-refractivity contribution in [1.82, 2.24) is 15.0 Å². The molecule has 0 aliphatic heterocycles. The number of pyridine rings is 1. The van der Waals surface area contributed by atoms with E-state index in [9.17, 15) is 13.2 Å². The van der Waals surface area contributed by atoms with Gasteiger partial charge in [-0.05, 0) is 47.5 Å². The minimum absolute atomic E-state index is 0.0775. The van der Waals surface area contributed by atoms with Gasteiger partial charge in [-0.1, -0.05) is 18.2 Å². The number of carbonyl (C=O) groups excluding carboxylic acids is 1. The minimum atomic E-state index is -3.64. The smallest absolute Gasteiger partial charge is 0.244 e. The van der Waals surface area contributed by atoms with Gasteiger partial charge in [-0.15, -0.1) is 0 Å². The van der Waals surface area contributed by atoms with E-state index in [-0.39, 0.29) is 17.3 Å². The molecule has 0 radical (unpaired) electrons. The highest BCUT2D eigenvalue weighted by Gasteiger charge is 2.13. The summed E-state index contributed by atoms with van der Waals surface area (Å²) >= 11 is 0. The predicted molar refractivity (Wildman–Crippen MR) is 104 cm³/mol. The lowest BCUT2D eigenvalue weighted by molar-refractivity contribution is -0.116. The molecular formula is C20H19N3O4S. The van der Waals surface area contributed by atoms with Crippen molar-refractivity contribution < 1.29 is 17.6 Å². The van der Waals surface area contributed by atoms with Crippen LogP contribution in [0.25, 0.3) is 6.08 Å². The Balaban J connectivity index is 1.54. The van der Waals surface area contributed by atoms with Crippen LogP contribution >= 0.6 is 0 Å². The van der Waals surface area contributed by atoms with Crippen LogP contribution in [0.2, 0.25) is 0 Å². The van der Waals surface area contributed by atoms with E-state index in [2.05, 4.69) is 15.0 Å². The largest absolute Gasteiger partial charge is 0.468 e. The van der Waals surface area contributed by atoms with Gasteiger partial charge in [0.05, 0.1) is 17.7 Å². The van der Waals surface area contributed by atoms with Crippen molar-refractivity contribution in [2.45, 2.75) is 18.0 Å². The molecule has 2 N–H and O–H groups in total. The SMILES string of the molecule is O=C(/C=C/c1ccc(S(=O)(=O)NCc2ccco2)cc1)NCc1cccnc1. The summed E-state index contributed by atoms with van der Waals surface area (Å²) < 4.78 is 32.1. The molecule has 0 saturated carbocycles. The molecule has 2 heterocycles. The average molecular weight is 397 g/mol. The van der Waals surface area contributed by atoms with Gasteiger partial charge in [-0.2, -0.15) is 0 Å². The topological polar surface area (TPSA) is 101 Å². The van der Waals surface area contributed by atoms with Crippen LogP contribution in [0.5, 0.6) is 0 Å². The van der Waals surface area contributed by atoms with Crippen molar-refractivity contribution in [2.24, 2.45) is 0 Å². The molecule has 1 aromatic carbocycles. The lowest BCUT2D eigenvalue weighted by Gasteiger charge is -2.05. The molecule has 144 valence electrons. The van der Waals surface area contributed by atoms with Gasteiger partial charge >= 0.3 is 0 Å². The molecule has 3 rings (SSSR count). The Morgan fingerprint density at radius 3 is 2.57 bits per heavy atom. The van der Waals surface area contributed by atoms with E-state index < -0.39 is 10.0 Å². The summed E-state index contributed by atoms with van der Waals surface area (Å²) in [5.74, 6) is 0.279. The molecule has 0 fully saturated rings. The average Bonchev–Trinajstić information content (AvgIpc) is 3.24. The molecule has 0 spiro atoms. The fourth-order valence-electron chi connectivity index (χ4n) is 2.34. The molecule has 0 bridgehead atoms. The van der Waals surface area contributed by atoms with Gasteiger partial charge in [-0.3, -0.25) is 9.78 Å². The summed E-state index contributed by atoms with van der Waals surface area (Å²) in [6.07, 6.45) is 7.85. The van der Waals surface area contributed by atoms with Crippen molar-refractivity contribution in [3.05, 3.63) is 90.2 Å². The predicted octanol–water partition coefficient (Wildman–Crippen LogP) is 2.48. The Morgan fingerprint density at radius 2 is 1.89 bits per heavy atom. The van der Waals surface area contributed by atoms with Crippen molar-refractivity contribution >= 4 is 22.0 Å².